The number of hydrogen-bond acceptors (Lipinski definition) is 5. The van der Waals surface area contributed by atoms with Gasteiger partial charge >= 0.3 is 6.18 Å². The van der Waals surface area contributed by atoms with E-state index >= 15 is 0 Å². The van der Waals surface area contributed by atoms with Gasteiger partial charge in [-0.15, -0.1) is 0 Å². The number of H-pyrrole nitrogens is 1. The highest BCUT2D eigenvalue weighted by Crippen LogP contribution is 2.46. The van der Waals surface area contributed by atoms with Crippen LogP contribution >= 0.6 is 0 Å². The standard InChI is InChI=1S/C26H30F3N5O3/c27-26(28,29)21(18-4-2-1-3-5-18)20-14-30-11-9-25(20,37)24(36)33-12-7-17(8-13-33)15-34-16-32-22-19(23(34)35)6-10-31-22/h1-6,10,16-17,20-21,30-31,37H,7-9,11-15H2/t20-,21?,25+/m0/s1. The smallest absolute Gasteiger partial charge is 0.380 e. The third-order valence-electron chi connectivity index (χ3n) is 7.84. The van der Waals surface area contributed by atoms with E-state index in [1.165, 1.54) is 35.5 Å². The highest BCUT2D eigenvalue weighted by atomic mass is 19.4. The molecular formula is C26H30F3N5O3. The normalized spacial score (nSPS) is 24.3. The van der Waals surface area contributed by atoms with E-state index in [1.54, 1.807) is 22.9 Å². The predicted octanol–water partition coefficient (Wildman–Crippen LogP) is 2.65. The van der Waals surface area contributed by atoms with Gasteiger partial charge in [0, 0.05) is 38.3 Å². The van der Waals surface area contributed by atoms with Crippen molar-refractivity contribution in [1.29, 1.82) is 0 Å². The molecule has 1 amide bonds. The van der Waals surface area contributed by atoms with Gasteiger partial charge in [-0.2, -0.15) is 13.2 Å². The average Bonchev–Trinajstić information content (AvgIpc) is 3.37. The molecule has 5 rings (SSSR count). The minimum atomic E-state index is -4.63. The minimum absolute atomic E-state index is 0.0343. The number of piperidine rings is 2. The third-order valence-corrected chi connectivity index (χ3v) is 7.84. The van der Waals surface area contributed by atoms with Crippen LogP contribution in [0.25, 0.3) is 11.0 Å². The molecule has 2 aliphatic heterocycles. The van der Waals surface area contributed by atoms with Crippen molar-refractivity contribution in [3.8, 4) is 0 Å². The van der Waals surface area contributed by atoms with E-state index in [1.807, 2.05) is 0 Å². The molecule has 3 atom stereocenters. The number of carbonyl (C=O) groups is 1. The highest BCUT2D eigenvalue weighted by Gasteiger charge is 2.57. The van der Waals surface area contributed by atoms with Crippen LogP contribution in [0.5, 0.6) is 0 Å². The summed E-state index contributed by atoms with van der Waals surface area (Å²) >= 11 is 0. The molecule has 198 valence electrons. The lowest BCUT2D eigenvalue weighted by atomic mass is 9.70. The fraction of sp³-hybridized carbons (Fsp3) is 0.500. The number of rotatable bonds is 5. The first-order valence-corrected chi connectivity index (χ1v) is 12.5. The Labute approximate surface area is 211 Å². The number of likely N-dealkylation sites (tertiary alicyclic amines) is 1. The van der Waals surface area contributed by atoms with Crippen LogP contribution in [0.1, 0.15) is 30.7 Å². The Morgan fingerprint density at radius 1 is 1.19 bits per heavy atom. The molecule has 0 radical (unpaired) electrons. The summed E-state index contributed by atoms with van der Waals surface area (Å²) in [7, 11) is 0. The summed E-state index contributed by atoms with van der Waals surface area (Å²) in [5.74, 6) is -3.87. The predicted molar refractivity (Wildman–Crippen MR) is 131 cm³/mol. The summed E-state index contributed by atoms with van der Waals surface area (Å²) in [6.07, 6.45) is -0.412. The molecule has 1 aromatic carbocycles. The molecule has 11 heteroatoms. The summed E-state index contributed by atoms with van der Waals surface area (Å²) in [5.41, 5.74) is -1.71. The summed E-state index contributed by atoms with van der Waals surface area (Å²) in [5, 5.41) is 15.0. The first-order valence-electron chi connectivity index (χ1n) is 12.5. The SMILES string of the molecule is O=C(N1CCC(Cn2cnc3[nH]ccc3c2=O)CC1)[C@@]1(O)CCNC[C@H]1C(c1ccccc1)C(F)(F)F. The van der Waals surface area contributed by atoms with Crippen LogP contribution in [-0.4, -0.2) is 68.4 Å². The Morgan fingerprint density at radius 3 is 2.62 bits per heavy atom. The zero-order valence-corrected chi connectivity index (χ0v) is 20.2. The third kappa shape index (κ3) is 4.89. The number of benzene rings is 1. The summed E-state index contributed by atoms with van der Waals surface area (Å²) in [6, 6.07) is 9.17. The molecule has 37 heavy (non-hydrogen) atoms. The Hall–Kier alpha value is -3.18. The van der Waals surface area contributed by atoms with Crippen molar-refractivity contribution in [2.45, 2.75) is 43.5 Å². The van der Waals surface area contributed by atoms with Crippen molar-refractivity contribution in [2.75, 3.05) is 26.2 Å². The Kier molecular flexibility index (Phi) is 6.84. The van der Waals surface area contributed by atoms with Crippen molar-refractivity contribution in [1.82, 2.24) is 24.8 Å². The van der Waals surface area contributed by atoms with Crippen LogP contribution in [0.2, 0.25) is 0 Å². The van der Waals surface area contributed by atoms with Crippen LogP contribution < -0.4 is 10.9 Å². The van der Waals surface area contributed by atoms with Crippen LogP contribution in [0.15, 0.2) is 53.7 Å². The first kappa shape index (κ1) is 25.5. The monoisotopic (exact) mass is 517 g/mol. The number of nitrogens with one attached hydrogen (secondary N) is 2. The van der Waals surface area contributed by atoms with Crippen LogP contribution in [0.4, 0.5) is 13.2 Å². The highest BCUT2D eigenvalue weighted by molar-refractivity contribution is 5.86. The van der Waals surface area contributed by atoms with Crippen LogP contribution in [0.3, 0.4) is 0 Å². The number of nitrogens with zero attached hydrogens (tertiary/aromatic N) is 3. The second kappa shape index (κ2) is 9.94. The van der Waals surface area contributed by atoms with Crippen molar-refractivity contribution in [3.63, 3.8) is 0 Å². The van der Waals surface area contributed by atoms with E-state index in [4.69, 9.17) is 0 Å². The van der Waals surface area contributed by atoms with E-state index in [9.17, 15) is 27.9 Å². The maximum absolute atomic E-state index is 14.3. The van der Waals surface area contributed by atoms with Crippen LogP contribution in [-0.2, 0) is 11.3 Å². The van der Waals surface area contributed by atoms with Crippen LogP contribution in [0, 0.1) is 11.8 Å². The summed E-state index contributed by atoms with van der Waals surface area (Å²) in [6.45, 7) is 1.20. The maximum atomic E-state index is 14.3. The van der Waals surface area contributed by atoms with Gasteiger partial charge in [-0.05, 0) is 43.4 Å². The zero-order valence-electron chi connectivity index (χ0n) is 20.2. The second-order valence-corrected chi connectivity index (χ2v) is 10.1. The molecule has 3 aromatic rings. The van der Waals surface area contributed by atoms with Crippen molar-refractivity contribution in [3.05, 3.63) is 64.8 Å². The fourth-order valence-electron chi connectivity index (χ4n) is 5.83. The van der Waals surface area contributed by atoms with Gasteiger partial charge < -0.3 is 20.3 Å². The van der Waals surface area contributed by atoms with Crippen molar-refractivity contribution in [2.24, 2.45) is 11.8 Å². The second-order valence-electron chi connectivity index (χ2n) is 10.1. The number of aromatic amines is 1. The topological polar surface area (TPSA) is 103 Å². The van der Waals surface area contributed by atoms with Gasteiger partial charge in [0.25, 0.3) is 11.5 Å². The molecule has 0 spiro atoms. The number of fused-ring (bicyclic) bond motifs is 1. The van der Waals surface area contributed by atoms with Gasteiger partial charge in [-0.25, -0.2) is 4.98 Å². The molecule has 1 unspecified atom stereocenters. The molecule has 0 aliphatic carbocycles. The Balaban J connectivity index is 1.31. The van der Waals surface area contributed by atoms with Gasteiger partial charge in [0.1, 0.15) is 11.2 Å². The fourth-order valence-corrected chi connectivity index (χ4v) is 5.83. The first-order chi connectivity index (χ1) is 17.7. The van der Waals surface area contributed by atoms with E-state index < -0.39 is 29.5 Å². The Morgan fingerprint density at radius 2 is 1.92 bits per heavy atom. The molecule has 2 aliphatic rings. The Bertz CT molecular complexity index is 1300. The molecule has 4 heterocycles. The van der Waals surface area contributed by atoms with Gasteiger partial charge in [-0.3, -0.25) is 14.2 Å². The largest absolute Gasteiger partial charge is 0.396 e. The number of amides is 1. The summed E-state index contributed by atoms with van der Waals surface area (Å²) in [4.78, 5) is 34.9. The molecule has 8 nitrogen and oxygen atoms in total. The van der Waals surface area contributed by atoms with Gasteiger partial charge in [-0.1, -0.05) is 30.3 Å². The molecule has 2 fully saturated rings. The molecule has 0 saturated carbocycles. The number of aromatic nitrogens is 3. The number of aliphatic hydroxyl groups is 1. The maximum Gasteiger partial charge on any atom is 0.396 e. The van der Waals surface area contributed by atoms with Gasteiger partial charge in [0.15, 0.2) is 0 Å². The number of hydrogen-bond donors (Lipinski definition) is 3. The molecular weight excluding hydrogens is 487 g/mol. The number of alkyl halides is 3. The lowest BCUT2D eigenvalue weighted by Gasteiger charge is -2.46. The molecule has 2 aromatic heterocycles. The molecule has 3 N–H and O–H groups in total. The number of carbonyl (C=O) groups excluding carboxylic acids is 1. The molecule has 0 bridgehead atoms. The van der Waals surface area contributed by atoms with Crippen molar-refractivity contribution < 1.29 is 23.1 Å². The average molecular weight is 518 g/mol. The lowest BCUT2D eigenvalue weighted by Crippen LogP contribution is -2.63. The number of halogens is 3. The van der Waals surface area contributed by atoms with E-state index in [0.717, 1.165) is 0 Å². The minimum Gasteiger partial charge on any atom is -0.380 e. The van der Waals surface area contributed by atoms with Gasteiger partial charge in [0.2, 0.25) is 0 Å². The van der Waals surface area contributed by atoms with Crippen molar-refractivity contribution >= 4 is 16.9 Å². The zero-order chi connectivity index (χ0) is 26.2. The van der Waals surface area contributed by atoms with E-state index in [2.05, 4.69) is 15.3 Å². The molecule has 2 saturated heterocycles. The van der Waals surface area contributed by atoms with Gasteiger partial charge in [0.05, 0.1) is 17.6 Å². The van der Waals surface area contributed by atoms with E-state index in [-0.39, 0.29) is 36.6 Å². The summed E-state index contributed by atoms with van der Waals surface area (Å²) < 4.78 is 44.5. The quantitative estimate of drug-likeness (QED) is 0.483. The lowest BCUT2D eigenvalue weighted by molar-refractivity contribution is -0.196. The van der Waals surface area contributed by atoms with E-state index in [0.29, 0.717) is 43.5 Å².